The number of benzene rings is 2. The maximum Gasteiger partial charge on any atom is 0.205 e. The lowest BCUT2D eigenvalue weighted by molar-refractivity contribution is 0.684. The molecule has 2 N–H and O–H groups in total. The summed E-state index contributed by atoms with van der Waals surface area (Å²) in [6.07, 6.45) is 5.79. The van der Waals surface area contributed by atoms with E-state index in [9.17, 15) is 0 Å². The van der Waals surface area contributed by atoms with E-state index in [1.165, 1.54) is 24.8 Å². The largest absolute Gasteiger partial charge is 0.370 e. The molecule has 0 aliphatic rings. The second kappa shape index (κ2) is 11.3. The van der Waals surface area contributed by atoms with Crippen molar-refractivity contribution in [3.05, 3.63) is 71.5 Å². The van der Waals surface area contributed by atoms with E-state index < -0.39 is 0 Å². The van der Waals surface area contributed by atoms with Crippen molar-refractivity contribution in [2.75, 3.05) is 11.9 Å². The number of aromatic nitrogens is 7. The highest BCUT2D eigenvalue weighted by Gasteiger charge is 2.15. The molecule has 0 aliphatic carbocycles. The van der Waals surface area contributed by atoms with Crippen molar-refractivity contribution in [2.24, 2.45) is 0 Å². The third kappa shape index (κ3) is 5.38. The van der Waals surface area contributed by atoms with E-state index in [2.05, 4.69) is 87.7 Å². The van der Waals surface area contributed by atoms with Crippen LogP contribution in [-0.4, -0.2) is 41.7 Å². The number of hydrogen-bond acceptors (Lipinski definition) is 6. The number of fused-ring (bicyclic) bond motifs is 1. The molecule has 3 aromatic heterocycles. The zero-order chi connectivity index (χ0) is 25.6. The second-order valence-electron chi connectivity index (χ2n) is 9.43. The third-order valence-electron chi connectivity index (χ3n) is 6.74. The SMILES string of the molecule is CCCCCCNc1cc(C)c2nc(CC)n(Cc3ccc(-c4ccccc4-c4nn[nH]n4)cc3)c2n1. The highest BCUT2D eigenvalue weighted by atomic mass is 15.5. The third-order valence-corrected chi connectivity index (χ3v) is 6.74. The first-order valence-corrected chi connectivity index (χ1v) is 13.2. The molecule has 0 amide bonds. The number of pyridine rings is 1. The lowest BCUT2D eigenvalue weighted by Gasteiger charge is -2.11. The van der Waals surface area contributed by atoms with Gasteiger partial charge in [0.1, 0.15) is 17.2 Å². The summed E-state index contributed by atoms with van der Waals surface area (Å²) in [4.78, 5) is 9.93. The quantitative estimate of drug-likeness (QED) is 0.213. The summed E-state index contributed by atoms with van der Waals surface area (Å²) >= 11 is 0. The minimum atomic E-state index is 0.591. The van der Waals surface area contributed by atoms with E-state index in [-0.39, 0.29) is 0 Å². The molecular weight excluding hydrogens is 460 g/mol. The molecule has 0 radical (unpaired) electrons. The van der Waals surface area contributed by atoms with Crippen LogP contribution in [0.25, 0.3) is 33.7 Å². The van der Waals surface area contributed by atoms with E-state index >= 15 is 0 Å². The maximum absolute atomic E-state index is 4.99. The molecule has 0 saturated carbocycles. The maximum atomic E-state index is 4.99. The number of tetrazole rings is 1. The van der Waals surface area contributed by atoms with Crippen LogP contribution in [0.1, 0.15) is 56.5 Å². The van der Waals surface area contributed by atoms with Gasteiger partial charge in [0.2, 0.25) is 5.82 Å². The Morgan fingerprint density at radius 2 is 1.73 bits per heavy atom. The van der Waals surface area contributed by atoms with Gasteiger partial charge < -0.3 is 9.88 Å². The Balaban J connectivity index is 1.40. The van der Waals surface area contributed by atoms with Gasteiger partial charge in [0.15, 0.2) is 5.65 Å². The summed E-state index contributed by atoms with van der Waals surface area (Å²) in [5.41, 5.74) is 7.42. The van der Waals surface area contributed by atoms with E-state index in [1.807, 2.05) is 18.2 Å². The Morgan fingerprint density at radius 3 is 2.46 bits per heavy atom. The van der Waals surface area contributed by atoms with Crippen molar-refractivity contribution in [1.82, 2.24) is 35.2 Å². The fourth-order valence-electron chi connectivity index (χ4n) is 4.76. The first-order chi connectivity index (χ1) is 18.2. The number of aryl methyl sites for hydroxylation is 2. The van der Waals surface area contributed by atoms with Crippen LogP contribution in [0, 0.1) is 6.92 Å². The van der Waals surface area contributed by atoms with Crippen LogP contribution in [-0.2, 0) is 13.0 Å². The Labute approximate surface area is 217 Å². The molecule has 0 spiro atoms. The van der Waals surface area contributed by atoms with Gasteiger partial charge in [-0.05, 0) is 46.9 Å². The standard InChI is InChI=1S/C29H34N8/c1-4-6-7-10-17-30-25-18-20(3)27-29(31-25)37(26(5-2)32-27)19-21-13-15-22(16-14-21)23-11-8-9-12-24(23)28-33-35-36-34-28/h8-9,11-16,18H,4-7,10,17,19H2,1-3H3,(H,30,31)(H,33,34,35,36). The number of nitrogens with zero attached hydrogens (tertiary/aromatic N) is 6. The average molecular weight is 495 g/mol. The van der Waals surface area contributed by atoms with Crippen molar-refractivity contribution in [3.63, 3.8) is 0 Å². The predicted molar refractivity (Wildman–Crippen MR) is 148 cm³/mol. The van der Waals surface area contributed by atoms with Gasteiger partial charge in [-0.25, -0.2) is 9.97 Å². The first kappa shape index (κ1) is 24.6. The van der Waals surface area contributed by atoms with E-state index in [0.29, 0.717) is 5.82 Å². The van der Waals surface area contributed by atoms with E-state index in [4.69, 9.17) is 9.97 Å². The number of nitrogens with one attached hydrogen (secondary N) is 2. The molecule has 0 atom stereocenters. The summed E-state index contributed by atoms with van der Waals surface area (Å²) in [7, 11) is 0. The molecule has 0 fully saturated rings. The number of imidazole rings is 1. The Bertz CT molecular complexity index is 1450. The van der Waals surface area contributed by atoms with Gasteiger partial charge in [0, 0.05) is 18.5 Å². The molecule has 0 aliphatic heterocycles. The van der Waals surface area contributed by atoms with Gasteiger partial charge >= 0.3 is 0 Å². The number of unbranched alkanes of at least 4 members (excludes halogenated alkanes) is 3. The van der Waals surface area contributed by atoms with E-state index in [0.717, 1.165) is 71.0 Å². The normalized spacial score (nSPS) is 11.3. The van der Waals surface area contributed by atoms with Gasteiger partial charge in [-0.15, -0.1) is 10.2 Å². The molecule has 2 aromatic carbocycles. The lowest BCUT2D eigenvalue weighted by atomic mass is 9.98. The topological polar surface area (TPSA) is 97.2 Å². The second-order valence-corrected chi connectivity index (χ2v) is 9.43. The molecule has 3 heterocycles. The Kier molecular flexibility index (Phi) is 7.54. The van der Waals surface area contributed by atoms with Gasteiger partial charge in [-0.2, -0.15) is 5.21 Å². The average Bonchev–Trinajstić information content (AvgIpc) is 3.58. The number of aromatic amines is 1. The number of hydrogen-bond donors (Lipinski definition) is 2. The van der Waals surface area contributed by atoms with Gasteiger partial charge in [-0.1, -0.05) is 81.6 Å². The lowest BCUT2D eigenvalue weighted by Crippen LogP contribution is -2.07. The molecule has 0 bridgehead atoms. The zero-order valence-corrected chi connectivity index (χ0v) is 21.8. The van der Waals surface area contributed by atoms with Crippen LogP contribution in [0.4, 0.5) is 5.82 Å². The molecule has 0 saturated heterocycles. The highest BCUT2D eigenvalue weighted by Crippen LogP contribution is 2.30. The summed E-state index contributed by atoms with van der Waals surface area (Å²) in [6, 6.07) is 18.9. The molecule has 37 heavy (non-hydrogen) atoms. The minimum absolute atomic E-state index is 0.591. The van der Waals surface area contributed by atoms with Gasteiger partial charge in [-0.3, -0.25) is 0 Å². The van der Waals surface area contributed by atoms with Crippen LogP contribution in [0.5, 0.6) is 0 Å². The minimum Gasteiger partial charge on any atom is -0.370 e. The van der Waals surface area contributed by atoms with Crippen molar-refractivity contribution < 1.29 is 0 Å². The molecule has 0 unspecified atom stereocenters. The van der Waals surface area contributed by atoms with Crippen LogP contribution in [0.15, 0.2) is 54.6 Å². The molecular formula is C29H34N8. The van der Waals surface area contributed by atoms with Crippen molar-refractivity contribution in [2.45, 2.75) is 59.4 Å². The highest BCUT2D eigenvalue weighted by molar-refractivity contribution is 5.80. The van der Waals surface area contributed by atoms with Gasteiger partial charge in [0.05, 0.1) is 6.54 Å². The van der Waals surface area contributed by atoms with Crippen LogP contribution >= 0.6 is 0 Å². The summed E-state index contributed by atoms with van der Waals surface area (Å²) < 4.78 is 2.26. The van der Waals surface area contributed by atoms with Crippen LogP contribution in [0.2, 0.25) is 0 Å². The number of H-pyrrole nitrogens is 1. The Hall–Kier alpha value is -4.07. The first-order valence-electron chi connectivity index (χ1n) is 13.2. The molecule has 5 aromatic rings. The zero-order valence-electron chi connectivity index (χ0n) is 21.8. The number of anilines is 1. The molecule has 8 nitrogen and oxygen atoms in total. The molecule has 5 rings (SSSR count). The van der Waals surface area contributed by atoms with E-state index in [1.54, 1.807) is 0 Å². The molecule has 8 heteroatoms. The molecule has 190 valence electrons. The van der Waals surface area contributed by atoms with Gasteiger partial charge in [0.25, 0.3) is 0 Å². The summed E-state index contributed by atoms with van der Waals surface area (Å²) in [5, 5.41) is 18.1. The monoisotopic (exact) mass is 494 g/mol. The fourth-order valence-corrected chi connectivity index (χ4v) is 4.76. The fraction of sp³-hybridized carbons (Fsp3) is 0.345. The van der Waals surface area contributed by atoms with Crippen LogP contribution < -0.4 is 5.32 Å². The van der Waals surface area contributed by atoms with Crippen molar-refractivity contribution in [3.8, 4) is 22.5 Å². The Morgan fingerprint density at radius 1 is 0.919 bits per heavy atom. The van der Waals surface area contributed by atoms with Crippen molar-refractivity contribution >= 4 is 17.0 Å². The smallest absolute Gasteiger partial charge is 0.205 e. The summed E-state index contributed by atoms with van der Waals surface area (Å²) in [5.74, 6) is 2.57. The number of rotatable bonds is 11. The predicted octanol–water partition coefficient (Wildman–Crippen LogP) is 6.19. The summed E-state index contributed by atoms with van der Waals surface area (Å²) in [6.45, 7) is 8.18. The van der Waals surface area contributed by atoms with Crippen molar-refractivity contribution in [1.29, 1.82) is 0 Å². The van der Waals surface area contributed by atoms with Crippen LogP contribution in [0.3, 0.4) is 0 Å².